The lowest BCUT2D eigenvalue weighted by Crippen LogP contribution is -2.48. The van der Waals surface area contributed by atoms with Crippen molar-refractivity contribution in [2.75, 3.05) is 7.11 Å². The number of carbonyl (C=O) groups is 1. The van der Waals surface area contributed by atoms with Gasteiger partial charge in [-0.25, -0.2) is 4.79 Å². The Morgan fingerprint density at radius 3 is 2.28 bits per heavy atom. The maximum atomic E-state index is 12.1. The average molecular weight is 389 g/mol. The molecule has 0 saturated heterocycles. The molecule has 150 valence electrons. The SMILES string of the molecule is COc1ccc(C=NOC(=O)c2ccccc2)cc1C12CC3CC(CC(C3)C1)C2. The highest BCUT2D eigenvalue weighted by atomic mass is 16.7. The van der Waals surface area contributed by atoms with Crippen molar-refractivity contribution in [3.05, 3.63) is 65.2 Å². The van der Waals surface area contributed by atoms with E-state index in [4.69, 9.17) is 9.57 Å². The lowest BCUT2D eigenvalue weighted by Gasteiger charge is -2.57. The van der Waals surface area contributed by atoms with Crippen LogP contribution >= 0.6 is 0 Å². The summed E-state index contributed by atoms with van der Waals surface area (Å²) in [5.74, 6) is 3.14. The fraction of sp³-hybridized carbons (Fsp3) is 0.440. The average Bonchev–Trinajstić information content (AvgIpc) is 2.73. The highest BCUT2D eigenvalue weighted by molar-refractivity contribution is 5.90. The van der Waals surface area contributed by atoms with E-state index in [-0.39, 0.29) is 5.41 Å². The summed E-state index contributed by atoms with van der Waals surface area (Å²) in [6, 6.07) is 15.1. The molecule has 0 spiro atoms. The van der Waals surface area contributed by atoms with Gasteiger partial charge in [-0.3, -0.25) is 0 Å². The lowest BCUT2D eigenvalue weighted by atomic mass is 9.48. The second-order valence-electron chi connectivity index (χ2n) is 9.14. The summed E-state index contributed by atoms with van der Waals surface area (Å²) >= 11 is 0. The number of benzene rings is 2. The fourth-order valence-electron chi connectivity index (χ4n) is 6.42. The molecule has 0 N–H and O–H groups in total. The van der Waals surface area contributed by atoms with Crippen LogP contribution in [0.15, 0.2) is 53.7 Å². The molecular formula is C25H27NO3. The maximum absolute atomic E-state index is 12.1. The summed E-state index contributed by atoms with van der Waals surface area (Å²) in [5.41, 5.74) is 2.99. The predicted molar refractivity (Wildman–Crippen MR) is 112 cm³/mol. The Bertz CT molecular complexity index is 899. The van der Waals surface area contributed by atoms with Crippen molar-refractivity contribution in [3.63, 3.8) is 0 Å². The Hall–Kier alpha value is -2.62. The number of methoxy groups -OCH3 is 1. The summed E-state index contributed by atoms with van der Waals surface area (Å²) in [4.78, 5) is 17.2. The van der Waals surface area contributed by atoms with Crippen LogP contribution in [0.2, 0.25) is 0 Å². The molecule has 4 aliphatic rings. The molecule has 4 nitrogen and oxygen atoms in total. The normalized spacial score (nSPS) is 29.9. The number of hydrogen-bond donors (Lipinski definition) is 0. The minimum Gasteiger partial charge on any atom is -0.496 e. The Morgan fingerprint density at radius 2 is 1.66 bits per heavy atom. The molecule has 29 heavy (non-hydrogen) atoms. The van der Waals surface area contributed by atoms with Gasteiger partial charge in [-0.1, -0.05) is 23.4 Å². The largest absolute Gasteiger partial charge is 0.496 e. The molecule has 4 bridgehead atoms. The summed E-state index contributed by atoms with van der Waals surface area (Å²) < 4.78 is 5.76. The molecule has 0 unspecified atom stereocenters. The van der Waals surface area contributed by atoms with Gasteiger partial charge in [0.25, 0.3) is 0 Å². The highest BCUT2D eigenvalue weighted by Crippen LogP contribution is 2.61. The van der Waals surface area contributed by atoms with Crippen LogP contribution in [0.1, 0.15) is 60.0 Å². The van der Waals surface area contributed by atoms with Crippen molar-refractivity contribution >= 4 is 12.2 Å². The zero-order valence-electron chi connectivity index (χ0n) is 16.8. The van der Waals surface area contributed by atoms with Crippen molar-refractivity contribution in [2.24, 2.45) is 22.9 Å². The van der Waals surface area contributed by atoms with Gasteiger partial charge in [-0.15, -0.1) is 0 Å². The van der Waals surface area contributed by atoms with Crippen molar-refractivity contribution in [1.82, 2.24) is 0 Å². The highest BCUT2D eigenvalue weighted by Gasteiger charge is 2.52. The van der Waals surface area contributed by atoms with Crippen LogP contribution in [-0.4, -0.2) is 19.3 Å². The van der Waals surface area contributed by atoms with Gasteiger partial charge in [0, 0.05) is 5.56 Å². The van der Waals surface area contributed by atoms with Crippen molar-refractivity contribution in [3.8, 4) is 5.75 Å². The quantitative estimate of drug-likeness (QED) is 0.393. The van der Waals surface area contributed by atoms with Gasteiger partial charge in [0.15, 0.2) is 0 Å². The summed E-state index contributed by atoms with van der Waals surface area (Å²) in [7, 11) is 1.76. The summed E-state index contributed by atoms with van der Waals surface area (Å²) in [6.07, 6.45) is 9.70. The Labute approximate surface area is 171 Å². The second-order valence-corrected chi connectivity index (χ2v) is 9.14. The number of nitrogens with zero attached hydrogens (tertiary/aromatic N) is 1. The van der Waals surface area contributed by atoms with Crippen LogP contribution in [0.4, 0.5) is 0 Å². The minimum absolute atomic E-state index is 0.241. The van der Waals surface area contributed by atoms with Crippen LogP contribution in [0.3, 0.4) is 0 Å². The zero-order valence-corrected chi connectivity index (χ0v) is 16.8. The standard InChI is InChI=1S/C25H27NO3/c1-28-23-8-7-17(16-26-29-24(27)21-5-3-2-4-6-21)12-22(23)25-13-18-9-19(14-25)11-20(10-18)15-25/h2-8,12,16,18-20H,9-11,13-15H2,1H3. The predicted octanol–water partition coefficient (Wildman–Crippen LogP) is 5.35. The van der Waals surface area contributed by atoms with Gasteiger partial charge in [-0.05, 0) is 97.6 Å². The summed E-state index contributed by atoms with van der Waals surface area (Å²) in [5, 5.41) is 3.95. The molecule has 2 aromatic rings. The van der Waals surface area contributed by atoms with E-state index in [0.717, 1.165) is 29.1 Å². The van der Waals surface area contributed by atoms with Gasteiger partial charge >= 0.3 is 5.97 Å². The molecule has 4 fully saturated rings. The first-order chi connectivity index (χ1) is 14.1. The lowest BCUT2D eigenvalue weighted by molar-refractivity contribution is -0.00616. The molecule has 0 radical (unpaired) electrons. The van der Waals surface area contributed by atoms with Gasteiger partial charge in [0.05, 0.1) is 18.9 Å². The zero-order chi connectivity index (χ0) is 19.8. The Balaban J connectivity index is 1.38. The molecule has 0 aromatic heterocycles. The van der Waals surface area contributed by atoms with Crippen LogP contribution in [0, 0.1) is 17.8 Å². The monoisotopic (exact) mass is 389 g/mol. The van der Waals surface area contributed by atoms with Crippen LogP contribution in [0.5, 0.6) is 5.75 Å². The van der Waals surface area contributed by atoms with E-state index in [2.05, 4.69) is 11.2 Å². The van der Waals surface area contributed by atoms with E-state index < -0.39 is 5.97 Å². The first kappa shape index (κ1) is 18.4. The second kappa shape index (κ2) is 7.33. The Morgan fingerprint density at radius 1 is 1.00 bits per heavy atom. The molecule has 6 rings (SSSR count). The first-order valence-corrected chi connectivity index (χ1v) is 10.6. The first-order valence-electron chi connectivity index (χ1n) is 10.6. The van der Waals surface area contributed by atoms with Gasteiger partial charge in [-0.2, -0.15) is 0 Å². The smallest absolute Gasteiger partial charge is 0.365 e. The van der Waals surface area contributed by atoms with Gasteiger partial charge < -0.3 is 9.57 Å². The fourth-order valence-corrected chi connectivity index (χ4v) is 6.42. The molecule has 0 heterocycles. The van der Waals surface area contributed by atoms with E-state index in [9.17, 15) is 4.79 Å². The van der Waals surface area contributed by atoms with E-state index in [0.29, 0.717) is 5.56 Å². The van der Waals surface area contributed by atoms with E-state index in [1.54, 1.807) is 25.5 Å². The molecule has 0 amide bonds. The molecule has 0 aliphatic heterocycles. The number of hydrogen-bond acceptors (Lipinski definition) is 4. The van der Waals surface area contributed by atoms with Crippen LogP contribution < -0.4 is 4.74 Å². The van der Waals surface area contributed by atoms with E-state index >= 15 is 0 Å². The molecule has 4 saturated carbocycles. The third-order valence-corrected chi connectivity index (χ3v) is 7.18. The van der Waals surface area contributed by atoms with Crippen LogP contribution in [-0.2, 0) is 10.3 Å². The van der Waals surface area contributed by atoms with Crippen LogP contribution in [0.25, 0.3) is 0 Å². The molecule has 4 heteroatoms. The van der Waals surface area contributed by atoms with Gasteiger partial charge in [0.1, 0.15) is 5.75 Å². The number of ether oxygens (including phenoxy) is 1. The number of carbonyl (C=O) groups excluding carboxylic acids is 1. The molecule has 2 aromatic carbocycles. The van der Waals surface area contributed by atoms with Gasteiger partial charge in [0.2, 0.25) is 0 Å². The molecule has 0 atom stereocenters. The maximum Gasteiger partial charge on any atom is 0.365 e. The number of oxime groups is 1. The number of rotatable bonds is 5. The molecular weight excluding hydrogens is 362 g/mol. The third kappa shape index (κ3) is 3.45. The molecule has 4 aliphatic carbocycles. The topological polar surface area (TPSA) is 47.9 Å². The van der Waals surface area contributed by atoms with Crippen molar-refractivity contribution < 1.29 is 14.4 Å². The summed E-state index contributed by atoms with van der Waals surface area (Å²) in [6.45, 7) is 0. The van der Waals surface area contributed by atoms with Crippen molar-refractivity contribution in [2.45, 2.75) is 43.9 Å². The Kier molecular flexibility index (Phi) is 4.65. The van der Waals surface area contributed by atoms with E-state index in [1.807, 2.05) is 30.3 Å². The minimum atomic E-state index is -0.448. The van der Waals surface area contributed by atoms with E-state index in [1.165, 1.54) is 44.1 Å². The third-order valence-electron chi connectivity index (χ3n) is 7.18. The van der Waals surface area contributed by atoms with Crippen molar-refractivity contribution in [1.29, 1.82) is 0 Å².